The summed E-state index contributed by atoms with van der Waals surface area (Å²) in [6.45, 7) is 2.83. The van der Waals surface area contributed by atoms with Gasteiger partial charge < -0.3 is 5.11 Å². The summed E-state index contributed by atoms with van der Waals surface area (Å²) in [6, 6.07) is 3.47. The zero-order chi connectivity index (χ0) is 14.0. The molecule has 3 nitrogen and oxygen atoms in total. The second kappa shape index (κ2) is 5.65. The molecule has 2 unspecified atom stereocenters. The Bertz CT molecular complexity index is 479. The molecule has 1 saturated heterocycles. The number of nitrogens with zero attached hydrogens (tertiary/aromatic N) is 1. The Hall–Kier alpha value is -1.49. The van der Waals surface area contributed by atoms with E-state index in [0.29, 0.717) is 31.5 Å². The smallest absolute Gasteiger partial charge is 0.306 e. The van der Waals surface area contributed by atoms with Gasteiger partial charge in [0.05, 0.1) is 5.92 Å². The van der Waals surface area contributed by atoms with Gasteiger partial charge in [-0.1, -0.05) is 0 Å². The molecule has 1 aromatic rings. The van der Waals surface area contributed by atoms with E-state index >= 15 is 0 Å². The molecule has 1 aliphatic rings. The number of hydrogen-bond acceptors (Lipinski definition) is 2. The maximum absolute atomic E-state index is 13.6. The van der Waals surface area contributed by atoms with Crippen LogP contribution in [0.3, 0.4) is 0 Å². The molecule has 0 amide bonds. The van der Waals surface area contributed by atoms with E-state index in [1.165, 1.54) is 6.07 Å². The fourth-order valence-corrected chi connectivity index (χ4v) is 2.56. The normalized spacial score (nSPS) is 24.4. The minimum Gasteiger partial charge on any atom is -0.481 e. The van der Waals surface area contributed by atoms with Crippen LogP contribution in [0.5, 0.6) is 0 Å². The van der Waals surface area contributed by atoms with E-state index < -0.39 is 17.6 Å². The van der Waals surface area contributed by atoms with E-state index in [0.717, 1.165) is 12.1 Å². The maximum atomic E-state index is 13.6. The van der Waals surface area contributed by atoms with Crippen molar-refractivity contribution in [2.24, 2.45) is 5.92 Å². The molecule has 5 heteroatoms. The number of carboxylic acid groups (broad SMARTS) is 1. The number of carbonyl (C=O) groups is 1. The summed E-state index contributed by atoms with van der Waals surface area (Å²) in [6.07, 6.45) is 1.10. The first kappa shape index (κ1) is 13.9. The molecular weight excluding hydrogens is 252 g/mol. The van der Waals surface area contributed by atoms with Gasteiger partial charge in [-0.15, -0.1) is 0 Å². The third kappa shape index (κ3) is 3.29. The topological polar surface area (TPSA) is 40.5 Å². The molecule has 1 heterocycles. The van der Waals surface area contributed by atoms with Crippen LogP contribution in [0.15, 0.2) is 18.2 Å². The van der Waals surface area contributed by atoms with Crippen molar-refractivity contribution in [3.8, 4) is 0 Å². The first-order valence-electron chi connectivity index (χ1n) is 6.38. The fourth-order valence-electron chi connectivity index (χ4n) is 2.56. The van der Waals surface area contributed by atoms with Crippen LogP contribution < -0.4 is 0 Å². The Kier molecular flexibility index (Phi) is 4.14. The van der Waals surface area contributed by atoms with Crippen molar-refractivity contribution in [1.82, 2.24) is 4.90 Å². The monoisotopic (exact) mass is 269 g/mol. The van der Waals surface area contributed by atoms with Crippen LogP contribution in [0.1, 0.15) is 25.3 Å². The minimum atomic E-state index is -0.775. The van der Waals surface area contributed by atoms with Gasteiger partial charge in [0.15, 0.2) is 0 Å². The molecule has 19 heavy (non-hydrogen) atoms. The van der Waals surface area contributed by atoms with Gasteiger partial charge in [0.2, 0.25) is 0 Å². The first-order valence-corrected chi connectivity index (χ1v) is 6.38. The molecule has 2 rings (SSSR count). The average molecular weight is 269 g/mol. The molecule has 0 spiro atoms. The Balaban J connectivity index is 2.04. The van der Waals surface area contributed by atoms with Gasteiger partial charge in [0.25, 0.3) is 0 Å². The molecule has 1 aromatic carbocycles. The molecule has 0 saturated carbocycles. The van der Waals surface area contributed by atoms with E-state index in [4.69, 9.17) is 5.11 Å². The Morgan fingerprint density at radius 1 is 1.47 bits per heavy atom. The van der Waals surface area contributed by atoms with Gasteiger partial charge >= 0.3 is 5.97 Å². The van der Waals surface area contributed by atoms with Crippen molar-refractivity contribution in [2.45, 2.75) is 32.4 Å². The van der Waals surface area contributed by atoms with Crippen LogP contribution in [0, 0.1) is 17.6 Å². The lowest BCUT2D eigenvalue weighted by atomic mass is 9.91. The summed E-state index contributed by atoms with van der Waals surface area (Å²) in [7, 11) is 0. The van der Waals surface area contributed by atoms with Crippen LogP contribution in [0.4, 0.5) is 8.78 Å². The summed E-state index contributed by atoms with van der Waals surface area (Å²) in [4.78, 5) is 12.9. The van der Waals surface area contributed by atoms with Gasteiger partial charge in [0, 0.05) is 18.2 Å². The predicted octanol–water partition coefficient (Wildman–Crippen LogP) is 2.65. The third-order valence-electron chi connectivity index (χ3n) is 3.74. The van der Waals surface area contributed by atoms with E-state index in [1.807, 2.05) is 11.8 Å². The zero-order valence-corrected chi connectivity index (χ0v) is 10.8. The minimum absolute atomic E-state index is 0.0533. The Morgan fingerprint density at radius 3 is 2.84 bits per heavy atom. The third-order valence-corrected chi connectivity index (χ3v) is 3.74. The number of hydrogen-bond donors (Lipinski definition) is 1. The molecule has 1 aliphatic heterocycles. The molecule has 1 N–H and O–H groups in total. The van der Waals surface area contributed by atoms with Gasteiger partial charge in [-0.2, -0.15) is 0 Å². The van der Waals surface area contributed by atoms with Crippen LogP contribution in [-0.4, -0.2) is 28.6 Å². The Labute approximate surface area is 110 Å². The summed E-state index contributed by atoms with van der Waals surface area (Å²) in [5.41, 5.74) is 0.320. The van der Waals surface area contributed by atoms with Crippen LogP contribution in [0.25, 0.3) is 0 Å². The maximum Gasteiger partial charge on any atom is 0.306 e. The Morgan fingerprint density at radius 2 is 2.21 bits per heavy atom. The van der Waals surface area contributed by atoms with Crippen LogP contribution in [0.2, 0.25) is 0 Å². The lowest BCUT2D eigenvalue weighted by Gasteiger charge is -2.36. The van der Waals surface area contributed by atoms with Crippen LogP contribution in [-0.2, 0) is 11.3 Å². The number of piperidine rings is 1. The number of likely N-dealkylation sites (tertiary alicyclic amines) is 1. The highest BCUT2D eigenvalue weighted by Crippen LogP contribution is 2.25. The predicted molar refractivity (Wildman–Crippen MR) is 66.6 cm³/mol. The lowest BCUT2D eigenvalue weighted by molar-refractivity contribution is -0.144. The molecule has 0 aromatic heterocycles. The lowest BCUT2D eigenvalue weighted by Crippen LogP contribution is -2.42. The quantitative estimate of drug-likeness (QED) is 0.917. The first-order chi connectivity index (χ1) is 8.97. The molecular formula is C14H17F2NO2. The highest BCUT2D eigenvalue weighted by molar-refractivity contribution is 5.70. The fraction of sp³-hybridized carbons (Fsp3) is 0.500. The SMILES string of the molecule is CC1CC(C(=O)O)CCN1Cc1cc(F)ccc1F. The highest BCUT2D eigenvalue weighted by Gasteiger charge is 2.29. The molecule has 104 valence electrons. The van der Waals surface area contributed by atoms with Gasteiger partial charge in [-0.3, -0.25) is 9.69 Å². The van der Waals surface area contributed by atoms with E-state index in [2.05, 4.69) is 0 Å². The molecule has 0 bridgehead atoms. The van der Waals surface area contributed by atoms with E-state index in [1.54, 1.807) is 0 Å². The van der Waals surface area contributed by atoms with Crippen molar-refractivity contribution in [1.29, 1.82) is 0 Å². The second-order valence-electron chi connectivity index (χ2n) is 5.11. The number of carboxylic acids is 1. The number of benzene rings is 1. The van der Waals surface area contributed by atoms with Crippen molar-refractivity contribution in [2.75, 3.05) is 6.54 Å². The van der Waals surface area contributed by atoms with Crippen molar-refractivity contribution >= 4 is 5.97 Å². The van der Waals surface area contributed by atoms with Gasteiger partial charge in [-0.05, 0) is 44.5 Å². The summed E-state index contributed by atoms with van der Waals surface area (Å²) < 4.78 is 26.7. The number of halogens is 2. The molecule has 1 fully saturated rings. The van der Waals surface area contributed by atoms with Gasteiger partial charge in [-0.25, -0.2) is 8.78 Å². The second-order valence-corrected chi connectivity index (χ2v) is 5.11. The molecule has 2 atom stereocenters. The van der Waals surface area contributed by atoms with Crippen molar-refractivity contribution in [3.05, 3.63) is 35.4 Å². The van der Waals surface area contributed by atoms with Crippen molar-refractivity contribution in [3.63, 3.8) is 0 Å². The van der Waals surface area contributed by atoms with E-state index in [9.17, 15) is 13.6 Å². The molecule has 0 aliphatic carbocycles. The average Bonchev–Trinajstić information content (AvgIpc) is 2.36. The van der Waals surface area contributed by atoms with Gasteiger partial charge in [0.1, 0.15) is 11.6 Å². The standard InChI is InChI=1S/C14H17F2NO2/c1-9-6-10(14(18)19)4-5-17(9)8-11-7-12(15)2-3-13(11)16/h2-3,7,9-10H,4-6,8H2,1H3,(H,18,19). The van der Waals surface area contributed by atoms with E-state index in [-0.39, 0.29) is 12.0 Å². The number of aliphatic carboxylic acids is 1. The van der Waals surface area contributed by atoms with Crippen molar-refractivity contribution < 1.29 is 18.7 Å². The summed E-state index contributed by atoms with van der Waals surface area (Å²) >= 11 is 0. The largest absolute Gasteiger partial charge is 0.481 e. The number of rotatable bonds is 3. The zero-order valence-electron chi connectivity index (χ0n) is 10.8. The highest BCUT2D eigenvalue weighted by atomic mass is 19.1. The van der Waals surface area contributed by atoms with Crippen LogP contribution >= 0.6 is 0 Å². The summed E-state index contributed by atoms with van der Waals surface area (Å²) in [5, 5.41) is 8.98. The summed E-state index contributed by atoms with van der Waals surface area (Å²) in [5.74, 6) is -1.98. The molecule has 0 radical (unpaired) electrons.